The van der Waals surface area contributed by atoms with E-state index in [-0.39, 0.29) is 0 Å². The zero-order valence-electron chi connectivity index (χ0n) is 12.1. The molecule has 4 heterocycles. The van der Waals surface area contributed by atoms with Crippen LogP contribution in [0, 0.1) is 0 Å². The lowest BCUT2D eigenvalue weighted by Gasteiger charge is -2.56. The quantitative estimate of drug-likeness (QED) is 0.872. The number of piperidine rings is 1. The first-order chi connectivity index (χ1) is 10.4. The fourth-order valence-electron chi connectivity index (χ4n) is 3.57. The molecular formula is C16H20N4S. The van der Waals surface area contributed by atoms with Gasteiger partial charge in [0.2, 0.25) is 5.95 Å². The standard InChI is InChI=1S/C16H20N4S/c1-6-17-15(18-7-1)20-10-5-16(20)3-8-19(9-4-16)12-14-2-11-21-13-14/h1-2,6-7,11,13H,3-5,8-10,12H2. The van der Waals surface area contributed by atoms with E-state index in [1.54, 1.807) is 11.3 Å². The second-order valence-corrected chi connectivity index (χ2v) is 6.86. The van der Waals surface area contributed by atoms with Crippen molar-refractivity contribution < 1.29 is 0 Å². The van der Waals surface area contributed by atoms with Crippen molar-refractivity contribution in [2.45, 2.75) is 31.3 Å². The van der Waals surface area contributed by atoms with Gasteiger partial charge in [-0.3, -0.25) is 4.90 Å². The summed E-state index contributed by atoms with van der Waals surface area (Å²) in [4.78, 5) is 13.9. The highest BCUT2D eigenvalue weighted by molar-refractivity contribution is 7.07. The molecule has 110 valence electrons. The first-order valence-electron chi connectivity index (χ1n) is 7.64. The summed E-state index contributed by atoms with van der Waals surface area (Å²) in [6.45, 7) is 4.56. The molecule has 0 aliphatic carbocycles. The fraction of sp³-hybridized carbons (Fsp3) is 0.500. The van der Waals surface area contributed by atoms with Crippen molar-refractivity contribution in [2.75, 3.05) is 24.5 Å². The van der Waals surface area contributed by atoms with Crippen LogP contribution in [0.25, 0.3) is 0 Å². The average Bonchev–Trinajstić information content (AvgIpc) is 3.01. The highest BCUT2D eigenvalue weighted by atomic mass is 32.1. The van der Waals surface area contributed by atoms with Crippen LogP contribution in [0.4, 0.5) is 5.95 Å². The molecule has 5 heteroatoms. The number of nitrogens with zero attached hydrogens (tertiary/aromatic N) is 4. The number of hydrogen-bond donors (Lipinski definition) is 0. The number of rotatable bonds is 3. The molecule has 0 N–H and O–H groups in total. The molecule has 2 aliphatic heterocycles. The Hall–Kier alpha value is -1.46. The van der Waals surface area contributed by atoms with Gasteiger partial charge in [0.05, 0.1) is 0 Å². The minimum Gasteiger partial charge on any atom is -0.335 e. The number of aromatic nitrogens is 2. The Kier molecular flexibility index (Phi) is 3.39. The lowest BCUT2D eigenvalue weighted by Crippen LogP contribution is -2.64. The van der Waals surface area contributed by atoms with E-state index in [4.69, 9.17) is 0 Å². The second kappa shape index (κ2) is 5.39. The fourth-order valence-corrected chi connectivity index (χ4v) is 4.23. The largest absolute Gasteiger partial charge is 0.335 e. The highest BCUT2D eigenvalue weighted by Gasteiger charge is 2.47. The van der Waals surface area contributed by atoms with E-state index < -0.39 is 0 Å². The molecule has 0 atom stereocenters. The van der Waals surface area contributed by atoms with E-state index in [9.17, 15) is 0 Å². The zero-order chi connectivity index (χ0) is 14.1. The third-order valence-corrected chi connectivity index (χ3v) is 5.67. The summed E-state index contributed by atoms with van der Waals surface area (Å²) in [5.41, 5.74) is 1.78. The van der Waals surface area contributed by atoms with Gasteiger partial charge in [-0.1, -0.05) is 0 Å². The maximum Gasteiger partial charge on any atom is 0.225 e. The topological polar surface area (TPSA) is 32.3 Å². The van der Waals surface area contributed by atoms with Crippen molar-refractivity contribution in [3.63, 3.8) is 0 Å². The van der Waals surface area contributed by atoms with E-state index in [1.165, 1.54) is 37.9 Å². The van der Waals surface area contributed by atoms with Gasteiger partial charge in [0.25, 0.3) is 0 Å². The average molecular weight is 300 g/mol. The van der Waals surface area contributed by atoms with Crippen molar-refractivity contribution >= 4 is 17.3 Å². The summed E-state index contributed by atoms with van der Waals surface area (Å²) >= 11 is 1.79. The van der Waals surface area contributed by atoms with Gasteiger partial charge in [-0.15, -0.1) is 0 Å². The monoisotopic (exact) mass is 300 g/mol. The van der Waals surface area contributed by atoms with Crippen LogP contribution in [-0.2, 0) is 6.54 Å². The molecular weight excluding hydrogens is 280 g/mol. The van der Waals surface area contributed by atoms with Gasteiger partial charge in [-0.05, 0) is 47.7 Å². The van der Waals surface area contributed by atoms with E-state index in [2.05, 4.69) is 36.6 Å². The zero-order valence-corrected chi connectivity index (χ0v) is 12.9. The maximum atomic E-state index is 4.43. The number of thiophene rings is 1. The summed E-state index contributed by atoms with van der Waals surface area (Å²) in [6, 6.07) is 4.13. The minimum atomic E-state index is 0.326. The molecule has 2 aliphatic rings. The molecule has 0 aromatic carbocycles. The summed E-state index contributed by atoms with van der Waals surface area (Å²) in [5.74, 6) is 0.912. The van der Waals surface area contributed by atoms with E-state index >= 15 is 0 Å². The van der Waals surface area contributed by atoms with Gasteiger partial charge < -0.3 is 4.90 Å². The van der Waals surface area contributed by atoms with Crippen LogP contribution in [-0.4, -0.2) is 40.0 Å². The predicted molar refractivity (Wildman–Crippen MR) is 85.6 cm³/mol. The minimum absolute atomic E-state index is 0.326. The van der Waals surface area contributed by atoms with Gasteiger partial charge >= 0.3 is 0 Å². The smallest absolute Gasteiger partial charge is 0.225 e. The summed E-state index contributed by atoms with van der Waals surface area (Å²) in [7, 11) is 0. The van der Waals surface area contributed by atoms with Gasteiger partial charge in [-0.2, -0.15) is 11.3 Å². The molecule has 4 rings (SSSR count). The van der Waals surface area contributed by atoms with Gasteiger partial charge in [0.15, 0.2) is 0 Å². The molecule has 0 unspecified atom stereocenters. The van der Waals surface area contributed by atoms with Gasteiger partial charge in [0, 0.05) is 44.1 Å². The van der Waals surface area contributed by atoms with Crippen LogP contribution in [0.2, 0.25) is 0 Å². The van der Waals surface area contributed by atoms with Crippen molar-refractivity contribution in [1.29, 1.82) is 0 Å². The molecule has 2 saturated heterocycles. The Balaban J connectivity index is 1.40. The number of hydrogen-bond acceptors (Lipinski definition) is 5. The van der Waals surface area contributed by atoms with Crippen LogP contribution in [0.3, 0.4) is 0 Å². The van der Waals surface area contributed by atoms with Crippen molar-refractivity contribution in [2.24, 2.45) is 0 Å². The van der Waals surface area contributed by atoms with Gasteiger partial charge in [-0.25, -0.2) is 9.97 Å². The molecule has 0 amide bonds. The molecule has 4 nitrogen and oxygen atoms in total. The Morgan fingerprint density at radius 3 is 2.48 bits per heavy atom. The van der Waals surface area contributed by atoms with Crippen molar-refractivity contribution in [3.8, 4) is 0 Å². The third-order valence-electron chi connectivity index (χ3n) is 4.94. The SMILES string of the molecule is c1cnc(N2CCC23CCN(Cc2ccsc2)CC3)nc1. The molecule has 0 bridgehead atoms. The summed E-state index contributed by atoms with van der Waals surface area (Å²) in [6.07, 6.45) is 7.45. The number of anilines is 1. The Morgan fingerprint density at radius 2 is 1.86 bits per heavy atom. The van der Waals surface area contributed by atoms with E-state index in [0.29, 0.717) is 5.54 Å². The Labute approximate surface area is 129 Å². The molecule has 1 spiro atoms. The molecule has 0 radical (unpaired) electrons. The van der Waals surface area contributed by atoms with Crippen LogP contribution in [0.5, 0.6) is 0 Å². The second-order valence-electron chi connectivity index (χ2n) is 6.08. The molecule has 21 heavy (non-hydrogen) atoms. The lowest BCUT2D eigenvalue weighted by atomic mass is 9.76. The molecule has 0 saturated carbocycles. The first kappa shape index (κ1) is 13.2. The predicted octanol–water partition coefficient (Wildman–Crippen LogP) is 2.78. The Bertz CT molecular complexity index is 576. The molecule has 2 aromatic rings. The van der Waals surface area contributed by atoms with Crippen molar-refractivity contribution in [3.05, 3.63) is 40.8 Å². The summed E-state index contributed by atoms with van der Waals surface area (Å²) in [5, 5.41) is 4.43. The van der Waals surface area contributed by atoms with Crippen LogP contribution in [0.15, 0.2) is 35.3 Å². The third kappa shape index (κ3) is 2.45. The van der Waals surface area contributed by atoms with E-state index in [0.717, 1.165) is 19.0 Å². The lowest BCUT2D eigenvalue weighted by molar-refractivity contribution is 0.110. The first-order valence-corrected chi connectivity index (χ1v) is 8.58. The maximum absolute atomic E-state index is 4.43. The molecule has 2 aromatic heterocycles. The van der Waals surface area contributed by atoms with Crippen LogP contribution < -0.4 is 4.90 Å². The number of likely N-dealkylation sites (tertiary alicyclic amines) is 1. The highest BCUT2D eigenvalue weighted by Crippen LogP contribution is 2.41. The van der Waals surface area contributed by atoms with Crippen molar-refractivity contribution in [1.82, 2.24) is 14.9 Å². The van der Waals surface area contributed by atoms with E-state index in [1.807, 2.05) is 18.5 Å². The Morgan fingerprint density at radius 1 is 1.10 bits per heavy atom. The normalized spacial score (nSPS) is 21.4. The molecule has 2 fully saturated rings. The van der Waals surface area contributed by atoms with Crippen LogP contribution in [0.1, 0.15) is 24.8 Å². The summed E-state index contributed by atoms with van der Waals surface area (Å²) < 4.78 is 0. The van der Waals surface area contributed by atoms with Crippen LogP contribution >= 0.6 is 11.3 Å². The van der Waals surface area contributed by atoms with Gasteiger partial charge in [0.1, 0.15) is 0 Å².